The van der Waals surface area contributed by atoms with E-state index in [1.165, 1.54) is 12.1 Å². The lowest BCUT2D eigenvalue weighted by Crippen LogP contribution is -2.14. The summed E-state index contributed by atoms with van der Waals surface area (Å²) in [6, 6.07) is 18.6. The third kappa shape index (κ3) is 4.71. The fourth-order valence-electron chi connectivity index (χ4n) is 3.02. The van der Waals surface area contributed by atoms with E-state index in [0.29, 0.717) is 9.79 Å². The van der Waals surface area contributed by atoms with Gasteiger partial charge in [-0.15, -0.1) is 0 Å². The lowest BCUT2D eigenvalue weighted by molar-refractivity contribution is -0.137. The van der Waals surface area contributed by atoms with Crippen LogP contribution in [-0.2, 0) is 19.9 Å². The predicted octanol–water partition coefficient (Wildman–Crippen LogP) is 6.50. The molecule has 0 heterocycles. The van der Waals surface area contributed by atoms with Crippen molar-refractivity contribution in [1.29, 1.82) is 0 Å². The van der Waals surface area contributed by atoms with Crippen LogP contribution in [0.15, 0.2) is 87.5 Å². The van der Waals surface area contributed by atoms with Gasteiger partial charge in [0.05, 0.1) is 11.8 Å². The Kier molecular flexibility index (Phi) is 6.04. The van der Waals surface area contributed by atoms with E-state index in [4.69, 9.17) is 3.63 Å². The molecule has 0 spiro atoms. The van der Waals surface area contributed by atoms with Gasteiger partial charge in [-0.3, -0.25) is 0 Å². The Balaban J connectivity index is 2.41. The fourth-order valence-corrected chi connectivity index (χ4v) is 7.87. The van der Waals surface area contributed by atoms with Crippen LogP contribution in [0.3, 0.4) is 0 Å². The Morgan fingerprint density at radius 2 is 1.20 bits per heavy atom. The average Bonchev–Trinajstić information content (AvgIpc) is 2.66. The van der Waals surface area contributed by atoms with Gasteiger partial charge in [-0.05, 0) is 66.6 Å². The number of benzene rings is 3. The topological polar surface area (TPSA) is 43.4 Å². The van der Waals surface area contributed by atoms with Gasteiger partial charge in [0.15, 0.2) is 0 Å². The number of aryl methyl sites for hydroxylation is 2. The molecule has 3 aromatic carbocycles. The molecule has 0 aliphatic rings. The zero-order valence-corrected chi connectivity index (χ0v) is 18.2. The van der Waals surface area contributed by atoms with E-state index in [9.17, 15) is 21.6 Å². The molecule has 3 aromatic rings. The molecule has 0 radical (unpaired) electrons. The molecule has 0 aliphatic heterocycles. The van der Waals surface area contributed by atoms with E-state index in [0.717, 1.165) is 29.5 Å². The number of rotatable bonds is 5. The first-order valence-electron chi connectivity index (χ1n) is 8.97. The molecule has 3 nitrogen and oxygen atoms in total. The van der Waals surface area contributed by atoms with Gasteiger partial charge in [-0.1, -0.05) is 41.5 Å². The van der Waals surface area contributed by atoms with Gasteiger partial charge in [-0.2, -0.15) is 21.6 Å². The summed E-state index contributed by atoms with van der Waals surface area (Å²) >= 11 is 0. The van der Waals surface area contributed by atoms with Gasteiger partial charge in [-0.25, -0.2) is 3.63 Å². The Morgan fingerprint density at radius 1 is 0.733 bits per heavy atom. The van der Waals surface area contributed by atoms with Crippen LogP contribution < -0.4 is 0 Å². The molecule has 0 amide bonds. The standard InChI is InChI=1S/C22H21F3O3S2/c1-16-7-11-19(12-8-16)30(28-29(3,26)27,20-13-9-17(2)10-14-20)21-6-4-5-18(15-21)22(23,24)25/h4-15H,1-3H3. The van der Waals surface area contributed by atoms with Gasteiger partial charge < -0.3 is 0 Å². The van der Waals surface area contributed by atoms with Crippen molar-refractivity contribution in [3.63, 3.8) is 0 Å². The Labute approximate surface area is 176 Å². The second-order valence-electron chi connectivity index (χ2n) is 6.98. The molecular formula is C22H21F3O3S2. The third-order valence-electron chi connectivity index (χ3n) is 4.42. The van der Waals surface area contributed by atoms with Gasteiger partial charge in [0.25, 0.3) is 10.1 Å². The summed E-state index contributed by atoms with van der Waals surface area (Å²) in [5, 5.41) is 0. The highest BCUT2D eigenvalue weighted by Gasteiger charge is 2.38. The fraction of sp³-hybridized carbons (Fsp3) is 0.182. The van der Waals surface area contributed by atoms with Crippen molar-refractivity contribution in [1.82, 2.24) is 0 Å². The molecule has 160 valence electrons. The SMILES string of the molecule is Cc1ccc(S(OS(C)(=O)=O)(c2ccc(C)cc2)c2cccc(C(F)(F)F)c2)cc1. The van der Waals surface area contributed by atoms with Crippen molar-refractivity contribution in [2.45, 2.75) is 34.7 Å². The molecule has 0 unspecified atom stereocenters. The number of hydrogen-bond acceptors (Lipinski definition) is 3. The van der Waals surface area contributed by atoms with Crippen molar-refractivity contribution in [3.05, 3.63) is 89.5 Å². The van der Waals surface area contributed by atoms with E-state index >= 15 is 0 Å². The normalized spacial score (nSPS) is 13.3. The summed E-state index contributed by atoms with van der Waals surface area (Å²) in [6.45, 7) is 3.74. The predicted molar refractivity (Wildman–Crippen MR) is 112 cm³/mol. The van der Waals surface area contributed by atoms with Crippen molar-refractivity contribution in [3.8, 4) is 0 Å². The molecule has 0 saturated heterocycles. The van der Waals surface area contributed by atoms with Gasteiger partial charge in [0, 0.05) is 14.7 Å². The zero-order valence-electron chi connectivity index (χ0n) is 16.6. The molecule has 0 saturated carbocycles. The summed E-state index contributed by atoms with van der Waals surface area (Å²) in [4.78, 5) is 1.12. The maximum atomic E-state index is 13.5. The van der Waals surface area contributed by atoms with Crippen LogP contribution in [-0.4, -0.2) is 14.7 Å². The maximum Gasteiger partial charge on any atom is 0.416 e. The third-order valence-corrected chi connectivity index (χ3v) is 9.02. The van der Waals surface area contributed by atoms with Crippen molar-refractivity contribution in [2.24, 2.45) is 0 Å². The Bertz CT molecular complexity index is 1090. The largest absolute Gasteiger partial charge is 0.416 e. The molecule has 3 rings (SSSR count). The van der Waals surface area contributed by atoms with Crippen LogP contribution in [0.5, 0.6) is 0 Å². The van der Waals surface area contributed by atoms with Crippen molar-refractivity contribution in [2.75, 3.05) is 6.26 Å². The van der Waals surface area contributed by atoms with Crippen LogP contribution in [0.4, 0.5) is 13.2 Å². The monoisotopic (exact) mass is 454 g/mol. The molecule has 0 fully saturated rings. The molecule has 0 bridgehead atoms. The van der Waals surface area contributed by atoms with Crippen LogP contribution in [0.1, 0.15) is 16.7 Å². The summed E-state index contributed by atoms with van der Waals surface area (Å²) in [5.41, 5.74) is 0.993. The number of alkyl halides is 3. The first-order chi connectivity index (χ1) is 13.9. The Hall–Kier alpha value is -2.29. The van der Waals surface area contributed by atoms with Gasteiger partial charge in [0.1, 0.15) is 0 Å². The second-order valence-corrected chi connectivity index (χ2v) is 11.5. The van der Waals surface area contributed by atoms with E-state index in [2.05, 4.69) is 0 Å². The highest BCUT2D eigenvalue weighted by molar-refractivity contribution is 8.33. The molecular weight excluding hydrogens is 433 g/mol. The average molecular weight is 455 g/mol. The van der Waals surface area contributed by atoms with Gasteiger partial charge in [0.2, 0.25) is 0 Å². The van der Waals surface area contributed by atoms with Gasteiger partial charge >= 0.3 is 6.18 Å². The van der Waals surface area contributed by atoms with E-state index < -0.39 is 32.2 Å². The minimum atomic E-state index is -4.58. The lowest BCUT2D eigenvalue weighted by Gasteiger charge is -2.39. The summed E-state index contributed by atoms with van der Waals surface area (Å²) in [6.07, 6.45) is -3.67. The molecule has 0 aromatic heterocycles. The minimum Gasteiger partial charge on any atom is -0.207 e. The quantitative estimate of drug-likeness (QED) is 0.442. The molecule has 0 atom stereocenters. The van der Waals surface area contributed by atoms with E-state index in [1.54, 1.807) is 48.5 Å². The zero-order chi connectivity index (χ0) is 22.2. The molecule has 0 aliphatic carbocycles. The number of halogens is 3. The molecule has 8 heteroatoms. The maximum absolute atomic E-state index is 13.5. The molecule has 30 heavy (non-hydrogen) atoms. The first kappa shape index (κ1) is 22.4. The van der Waals surface area contributed by atoms with E-state index in [-0.39, 0.29) is 4.90 Å². The first-order valence-corrected chi connectivity index (χ1v) is 12.3. The summed E-state index contributed by atoms with van der Waals surface area (Å²) in [7, 11) is -7.03. The smallest absolute Gasteiger partial charge is 0.207 e. The van der Waals surface area contributed by atoms with Crippen molar-refractivity contribution < 1.29 is 25.2 Å². The van der Waals surface area contributed by atoms with Crippen LogP contribution in [0, 0.1) is 13.8 Å². The number of hydrogen-bond donors (Lipinski definition) is 0. The molecule has 0 N–H and O–H groups in total. The summed E-state index contributed by atoms with van der Waals surface area (Å²) < 4.78 is 70.8. The lowest BCUT2D eigenvalue weighted by atomic mass is 10.2. The second kappa shape index (κ2) is 8.09. The van der Waals surface area contributed by atoms with E-state index in [1.807, 2.05) is 13.8 Å². The minimum absolute atomic E-state index is 0.149. The van der Waals surface area contributed by atoms with Crippen molar-refractivity contribution >= 4 is 20.4 Å². The highest BCUT2D eigenvalue weighted by Crippen LogP contribution is 2.70. The Morgan fingerprint density at radius 3 is 1.60 bits per heavy atom. The highest BCUT2D eigenvalue weighted by atomic mass is 32.3. The van der Waals surface area contributed by atoms with Crippen LogP contribution in [0.25, 0.3) is 0 Å². The summed E-state index contributed by atoms with van der Waals surface area (Å²) in [5.74, 6) is 0. The van der Waals surface area contributed by atoms with Crippen LogP contribution >= 0.6 is 10.3 Å². The van der Waals surface area contributed by atoms with Crippen LogP contribution in [0.2, 0.25) is 0 Å².